The molecule has 1 fully saturated rings. The van der Waals surface area contributed by atoms with Gasteiger partial charge in [-0.25, -0.2) is 0 Å². The monoisotopic (exact) mass is 383 g/mol. The maximum Gasteiger partial charge on any atom is 0.494 e. The quantitative estimate of drug-likeness (QED) is 0.399. The molecule has 1 aliphatic carbocycles. The molecule has 0 bridgehead atoms. The molecule has 0 amide bonds. The first-order chi connectivity index (χ1) is 13.8. The van der Waals surface area contributed by atoms with Gasteiger partial charge >= 0.3 is 7.12 Å². The zero-order valence-electron chi connectivity index (χ0n) is 17.5. The van der Waals surface area contributed by atoms with Gasteiger partial charge in [-0.05, 0) is 73.5 Å². The van der Waals surface area contributed by atoms with E-state index in [0.717, 1.165) is 28.7 Å². The summed E-state index contributed by atoms with van der Waals surface area (Å²) in [6.07, 6.45) is 0.921. The van der Waals surface area contributed by atoms with Crippen LogP contribution in [-0.4, -0.2) is 18.3 Å². The molecule has 0 atom stereocenters. The second kappa shape index (κ2) is 6.22. The molecule has 2 aliphatic rings. The Morgan fingerprint density at radius 2 is 1.45 bits per heavy atom. The molecule has 0 saturated carbocycles. The predicted octanol–water partition coefficient (Wildman–Crippen LogP) is 4.81. The van der Waals surface area contributed by atoms with E-state index < -0.39 is 0 Å². The lowest BCUT2D eigenvalue weighted by atomic mass is 9.78. The van der Waals surface area contributed by atoms with E-state index in [4.69, 9.17) is 15.0 Å². The van der Waals surface area contributed by atoms with Crippen molar-refractivity contribution in [1.82, 2.24) is 0 Å². The highest BCUT2D eigenvalue weighted by molar-refractivity contribution is 6.62. The maximum atomic E-state index is 6.44. The zero-order chi connectivity index (χ0) is 20.4. The molecule has 146 valence electrons. The highest BCUT2D eigenvalue weighted by Crippen LogP contribution is 2.44. The summed E-state index contributed by atoms with van der Waals surface area (Å²) in [6, 6.07) is 21.2. The average Bonchev–Trinajstić information content (AvgIpc) is 3.15. The SMILES string of the molecule is CC1(C)OB(c2ccc(-c3c(N)ccc4c3Cc3ccccc3-4)cc2)OC1(C)C. The van der Waals surface area contributed by atoms with Gasteiger partial charge in [0, 0.05) is 11.3 Å². The first kappa shape index (κ1) is 18.5. The fourth-order valence-corrected chi connectivity index (χ4v) is 4.36. The minimum atomic E-state index is -0.350. The van der Waals surface area contributed by atoms with Gasteiger partial charge in [0.25, 0.3) is 0 Å². The molecule has 2 N–H and O–H groups in total. The third kappa shape index (κ3) is 2.82. The summed E-state index contributed by atoms with van der Waals surface area (Å²) in [7, 11) is -0.350. The van der Waals surface area contributed by atoms with E-state index in [1.807, 2.05) is 6.07 Å². The largest absolute Gasteiger partial charge is 0.494 e. The van der Waals surface area contributed by atoms with Crippen LogP contribution in [0.4, 0.5) is 5.69 Å². The van der Waals surface area contributed by atoms with Crippen molar-refractivity contribution in [3.63, 3.8) is 0 Å². The van der Waals surface area contributed by atoms with Gasteiger partial charge in [-0.2, -0.15) is 0 Å². The number of rotatable bonds is 2. The standard InChI is InChI=1S/C25H26BNO2/c1-24(2)25(3,4)29-26(28-24)18-11-9-16(10-12-18)23-21-15-17-7-5-6-8-19(17)20(21)13-14-22(23)27/h5-14H,15,27H2,1-4H3. The molecule has 0 unspecified atom stereocenters. The van der Waals surface area contributed by atoms with Crippen LogP contribution in [0.1, 0.15) is 38.8 Å². The van der Waals surface area contributed by atoms with E-state index in [9.17, 15) is 0 Å². The van der Waals surface area contributed by atoms with Gasteiger partial charge in [0.15, 0.2) is 0 Å². The summed E-state index contributed by atoms with van der Waals surface area (Å²) >= 11 is 0. The molecular weight excluding hydrogens is 357 g/mol. The molecule has 0 aromatic heterocycles. The van der Waals surface area contributed by atoms with Crippen LogP contribution in [0.2, 0.25) is 0 Å². The summed E-state index contributed by atoms with van der Waals surface area (Å²) < 4.78 is 12.4. The van der Waals surface area contributed by atoms with Gasteiger partial charge in [0.05, 0.1) is 11.2 Å². The molecule has 1 heterocycles. The van der Waals surface area contributed by atoms with Crippen LogP contribution in [0, 0.1) is 0 Å². The van der Waals surface area contributed by atoms with E-state index >= 15 is 0 Å². The predicted molar refractivity (Wildman–Crippen MR) is 120 cm³/mol. The second-order valence-corrected chi connectivity index (χ2v) is 9.10. The topological polar surface area (TPSA) is 44.5 Å². The van der Waals surface area contributed by atoms with Gasteiger partial charge in [-0.1, -0.05) is 54.6 Å². The maximum absolute atomic E-state index is 6.44. The highest BCUT2D eigenvalue weighted by Gasteiger charge is 2.51. The Balaban J connectivity index is 1.51. The van der Waals surface area contributed by atoms with Crippen LogP contribution < -0.4 is 11.2 Å². The lowest BCUT2D eigenvalue weighted by Crippen LogP contribution is -2.41. The molecular formula is C25H26BNO2. The summed E-state index contributed by atoms with van der Waals surface area (Å²) in [4.78, 5) is 0. The summed E-state index contributed by atoms with van der Waals surface area (Å²) in [5.74, 6) is 0. The van der Waals surface area contributed by atoms with Gasteiger partial charge in [-0.3, -0.25) is 0 Å². The van der Waals surface area contributed by atoms with Crippen LogP contribution >= 0.6 is 0 Å². The number of fused-ring (bicyclic) bond motifs is 3. The Hall–Kier alpha value is -2.56. The third-order valence-corrected chi connectivity index (χ3v) is 6.74. The number of anilines is 1. The lowest BCUT2D eigenvalue weighted by Gasteiger charge is -2.32. The van der Waals surface area contributed by atoms with Crippen molar-refractivity contribution in [2.24, 2.45) is 0 Å². The average molecular weight is 383 g/mol. The number of benzene rings is 3. The van der Waals surface area contributed by atoms with Crippen LogP contribution in [0.25, 0.3) is 22.3 Å². The van der Waals surface area contributed by atoms with Gasteiger partial charge in [0.2, 0.25) is 0 Å². The van der Waals surface area contributed by atoms with Crippen LogP contribution in [-0.2, 0) is 15.7 Å². The van der Waals surface area contributed by atoms with Crippen molar-refractivity contribution in [3.05, 3.63) is 71.8 Å². The van der Waals surface area contributed by atoms with Crippen LogP contribution in [0.3, 0.4) is 0 Å². The third-order valence-electron chi connectivity index (χ3n) is 6.74. The molecule has 5 rings (SSSR count). The fourth-order valence-electron chi connectivity index (χ4n) is 4.36. The Kier molecular flexibility index (Phi) is 3.96. The first-order valence-corrected chi connectivity index (χ1v) is 10.2. The lowest BCUT2D eigenvalue weighted by molar-refractivity contribution is 0.00578. The van der Waals surface area contributed by atoms with Crippen molar-refractivity contribution >= 4 is 18.3 Å². The summed E-state index contributed by atoms with van der Waals surface area (Å²) in [5, 5.41) is 0. The van der Waals surface area contributed by atoms with Crippen molar-refractivity contribution in [3.8, 4) is 22.3 Å². The second-order valence-electron chi connectivity index (χ2n) is 9.10. The molecule has 1 saturated heterocycles. The highest BCUT2D eigenvalue weighted by atomic mass is 16.7. The molecule has 3 aromatic rings. The number of nitrogen functional groups attached to an aromatic ring is 1. The summed E-state index contributed by atoms with van der Waals surface area (Å²) in [6.45, 7) is 8.31. The van der Waals surface area contributed by atoms with Crippen molar-refractivity contribution in [2.45, 2.75) is 45.3 Å². The minimum Gasteiger partial charge on any atom is -0.399 e. The number of hydrogen-bond acceptors (Lipinski definition) is 3. The molecule has 1 aliphatic heterocycles. The van der Waals surface area contributed by atoms with Crippen LogP contribution in [0.15, 0.2) is 60.7 Å². The van der Waals surface area contributed by atoms with E-state index in [0.29, 0.717) is 0 Å². The van der Waals surface area contributed by atoms with Crippen molar-refractivity contribution in [1.29, 1.82) is 0 Å². The minimum absolute atomic E-state index is 0.340. The molecule has 4 heteroatoms. The smallest absolute Gasteiger partial charge is 0.399 e. The Labute approximate surface area is 173 Å². The molecule has 29 heavy (non-hydrogen) atoms. The van der Waals surface area contributed by atoms with E-state index in [1.165, 1.54) is 22.3 Å². The van der Waals surface area contributed by atoms with Crippen LogP contribution in [0.5, 0.6) is 0 Å². The Bertz CT molecular complexity index is 1090. The number of hydrogen-bond donors (Lipinski definition) is 1. The fraction of sp³-hybridized carbons (Fsp3) is 0.280. The van der Waals surface area contributed by atoms with Gasteiger partial charge < -0.3 is 15.0 Å². The summed E-state index contributed by atoms with van der Waals surface area (Å²) in [5.41, 5.74) is 15.2. The zero-order valence-corrected chi connectivity index (χ0v) is 17.5. The molecule has 3 nitrogen and oxygen atoms in total. The van der Waals surface area contributed by atoms with E-state index in [-0.39, 0.29) is 18.3 Å². The Morgan fingerprint density at radius 3 is 2.14 bits per heavy atom. The molecule has 0 spiro atoms. The molecule has 0 radical (unpaired) electrons. The number of nitrogens with two attached hydrogens (primary N) is 1. The van der Waals surface area contributed by atoms with Crippen molar-refractivity contribution < 1.29 is 9.31 Å². The van der Waals surface area contributed by atoms with Gasteiger partial charge in [0.1, 0.15) is 0 Å². The normalized spacial score (nSPS) is 18.6. The van der Waals surface area contributed by atoms with Crippen molar-refractivity contribution in [2.75, 3.05) is 5.73 Å². The molecule has 3 aromatic carbocycles. The Morgan fingerprint density at radius 1 is 0.793 bits per heavy atom. The first-order valence-electron chi connectivity index (χ1n) is 10.2. The van der Waals surface area contributed by atoms with Gasteiger partial charge in [-0.15, -0.1) is 0 Å². The van der Waals surface area contributed by atoms with E-state index in [2.05, 4.69) is 82.3 Å². The van der Waals surface area contributed by atoms with E-state index in [1.54, 1.807) is 0 Å².